The van der Waals surface area contributed by atoms with Crippen molar-refractivity contribution in [1.82, 2.24) is 9.97 Å². The quantitative estimate of drug-likeness (QED) is 0.171. The number of H-pyrrole nitrogens is 2. The molecule has 2 atom stereocenters. The molecule has 0 bridgehead atoms. The Hall–Kier alpha value is -2.88. The van der Waals surface area contributed by atoms with Gasteiger partial charge in [0.15, 0.2) is 0 Å². The normalized spacial score (nSPS) is 18.0. The molecule has 218 valence electrons. The van der Waals surface area contributed by atoms with Crippen LogP contribution in [0.15, 0.2) is 108 Å². The van der Waals surface area contributed by atoms with Crippen LogP contribution < -0.4 is 0 Å². The van der Waals surface area contributed by atoms with Crippen LogP contribution >= 0.6 is 17.0 Å². The Balaban J connectivity index is 1.33. The predicted octanol–water partition coefficient (Wildman–Crippen LogP) is 11.8. The average Bonchev–Trinajstić information content (AvgIpc) is 3.78. The number of allylic oxidation sites excluding steroid dienone is 2. The van der Waals surface area contributed by atoms with E-state index in [9.17, 15) is 0 Å². The van der Waals surface area contributed by atoms with Crippen molar-refractivity contribution < 1.29 is 15.0 Å². The van der Waals surface area contributed by atoms with E-state index in [4.69, 9.17) is 17.0 Å². The van der Waals surface area contributed by atoms with Crippen LogP contribution in [-0.4, -0.2) is 15.4 Å². The number of halogens is 2. The van der Waals surface area contributed by atoms with Crippen LogP contribution in [-0.2, 0) is 15.0 Å². The summed E-state index contributed by atoms with van der Waals surface area (Å²) in [5.74, 6) is 0. The van der Waals surface area contributed by atoms with Crippen molar-refractivity contribution in [3.05, 3.63) is 131 Å². The van der Waals surface area contributed by atoms with Crippen molar-refractivity contribution in [3.8, 4) is 22.3 Å². The number of fused-ring (bicyclic) bond motifs is 4. The Labute approximate surface area is 266 Å². The van der Waals surface area contributed by atoms with E-state index in [0.29, 0.717) is 0 Å². The number of hydrogen-bond acceptors (Lipinski definition) is 0. The van der Waals surface area contributed by atoms with Gasteiger partial charge in [0.05, 0.1) is 0 Å². The number of aromatic nitrogens is 2. The van der Waals surface area contributed by atoms with Crippen molar-refractivity contribution in [3.63, 3.8) is 0 Å². The summed E-state index contributed by atoms with van der Waals surface area (Å²) in [6.45, 7) is 9.28. The number of rotatable bonds is 4. The fourth-order valence-corrected chi connectivity index (χ4v) is 38.7. The van der Waals surface area contributed by atoms with Gasteiger partial charge in [-0.2, -0.15) is 0 Å². The third-order valence-electron chi connectivity index (χ3n) is 10.3. The summed E-state index contributed by atoms with van der Waals surface area (Å²) in [5.41, 5.74) is 13.9. The average molecular weight is 709 g/mol. The van der Waals surface area contributed by atoms with E-state index in [-0.39, 0.29) is 7.25 Å². The number of nitrogens with one attached hydrogen (secondary N) is 2. The molecule has 2 aromatic heterocycles. The molecule has 0 aliphatic heterocycles. The van der Waals surface area contributed by atoms with Gasteiger partial charge >= 0.3 is 269 Å². The van der Waals surface area contributed by atoms with Crippen molar-refractivity contribution in [2.24, 2.45) is 0 Å². The maximum atomic E-state index is 8.46. The summed E-state index contributed by atoms with van der Waals surface area (Å²) in [6.07, 6.45) is 9.06. The van der Waals surface area contributed by atoms with Gasteiger partial charge in [0.25, 0.3) is 0 Å². The molecule has 2 nitrogen and oxygen atoms in total. The van der Waals surface area contributed by atoms with Gasteiger partial charge in [-0.1, -0.05) is 0 Å². The minimum atomic E-state index is -4.79. The van der Waals surface area contributed by atoms with Crippen molar-refractivity contribution in [1.29, 1.82) is 0 Å². The van der Waals surface area contributed by atoms with Gasteiger partial charge in [-0.05, 0) is 0 Å². The van der Waals surface area contributed by atoms with E-state index in [0.717, 1.165) is 11.0 Å². The molecular weight excluding hydrogens is 675 g/mol. The molecule has 6 heteroatoms. The summed E-state index contributed by atoms with van der Waals surface area (Å²) < 4.78 is 0.111. The molecule has 8 rings (SSSR count). The first kappa shape index (κ1) is 28.6. The van der Waals surface area contributed by atoms with E-state index in [1.807, 2.05) is 0 Å². The van der Waals surface area contributed by atoms with Crippen LogP contribution in [0.5, 0.6) is 0 Å². The summed E-state index contributed by atoms with van der Waals surface area (Å²) in [7, 11) is 16.9. The Morgan fingerprint density at radius 2 is 1.00 bits per heavy atom. The summed E-state index contributed by atoms with van der Waals surface area (Å²) in [4.78, 5) is 6.96. The second-order valence-corrected chi connectivity index (χ2v) is 51.7. The SMILES string of the molecule is CC1=Cc2c(-c3c[nH]c4ccccc34)cccc2[CH]1[Zr]([Cl])([Cl])([CH]1C(C)=Cc2c(-c3c[nH]c4ccccc34)cccc21)=[Si](C)C. The van der Waals surface area contributed by atoms with Crippen molar-refractivity contribution >= 4 is 56.4 Å². The predicted molar refractivity (Wildman–Crippen MR) is 189 cm³/mol. The molecular formula is C38H34Cl2N2SiZr. The van der Waals surface area contributed by atoms with Gasteiger partial charge in [-0.25, -0.2) is 0 Å². The first-order valence-electron chi connectivity index (χ1n) is 15.3. The molecule has 2 aliphatic carbocycles. The third-order valence-corrected chi connectivity index (χ3v) is 57.3. The van der Waals surface area contributed by atoms with Crippen LogP contribution in [0.1, 0.15) is 43.4 Å². The van der Waals surface area contributed by atoms with Crippen molar-refractivity contribution in [2.75, 3.05) is 0 Å². The Morgan fingerprint density at radius 1 is 0.568 bits per heavy atom. The molecule has 44 heavy (non-hydrogen) atoms. The monoisotopic (exact) mass is 706 g/mol. The third kappa shape index (κ3) is 3.88. The van der Waals surface area contributed by atoms with Gasteiger partial charge in [0, 0.05) is 0 Å². The van der Waals surface area contributed by atoms with Crippen LogP contribution in [0.2, 0.25) is 13.1 Å². The van der Waals surface area contributed by atoms with Gasteiger partial charge in [0.1, 0.15) is 0 Å². The molecule has 0 fully saturated rings. The minimum absolute atomic E-state index is 0.0554. The Morgan fingerprint density at radius 3 is 1.43 bits per heavy atom. The molecule has 6 aromatic rings. The van der Waals surface area contributed by atoms with E-state index in [1.165, 1.54) is 66.4 Å². The van der Waals surface area contributed by atoms with Gasteiger partial charge in [-0.15, -0.1) is 0 Å². The van der Waals surface area contributed by atoms with Gasteiger partial charge in [-0.3, -0.25) is 0 Å². The zero-order valence-electron chi connectivity index (χ0n) is 25.3. The molecule has 0 amide bonds. The van der Waals surface area contributed by atoms with E-state index in [2.05, 4.69) is 146 Å². The zero-order chi connectivity index (χ0) is 30.4. The molecule has 2 unspecified atom stereocenters. The molecule has 0 saturated carbocycles. The van der Waals surface area contributed by atoms with E-state index < -0.39 is 20.4 Å². The molecule has 4 aromatic carbocycles. The van der Waals surface area contributed by atoms with E-state index >= 15 is 0 Å². The molecule has 0 radical (unpaired) electrons. The maximum absolute atomic E-state index is 8.46. The first-order valence-corrected chi connectivity index (χ1v) is 30.7. The number of hydrogen-bond donors (Lipinski definition) is 2. The summed E-state index contributed by atoms with van der Waals surface area (Å²) in [5, 5.41) is 2.47. The molecule has 2 N–H and O–H groups in total. The standard InChI is InChI=1S/2C18H14N.C2H6Si.2ClH.Zr/c2*1-12-9-13-5-4-7-14(16(13)10-12)17-11-19-18-8-3-2-6-15(17)18;1-3-2;;;/h2*2-11,19H,1H3;1-2H3;2*1H;/q;;;;;+2/p-2. The summed E-state index contributed by atoms with van der Waals surface area (Å²) >= 11 is -4.79. The Kier molecular flexibility index (Phi) is 6.54. The topological polar surface area (TPSA) is 31.6 Å². The van der Waals surface area contributed by atoms with Gasteiger partial charge < -0.3 is 0 Å². The van der Waals surface area contributed by atoms with E-state index in [1.54, 1.807) is 0 Å². The fraction of sp³-hybridized carbons (Fsp3) is 0.158. The molecule has 0 saturated heterocycles. The molecule has 2 heterocycles. The second-order valence-electron chi connectivity index (χ2n) is 12.9. The number of benzene rings is 4. The number of para-hydroxylation sites is 2. The number of aromatic amines is 2. The fourth-order valence-electron chi connectivity index (χ4n) is 8.31. The molecule has 0 spiro atoms. The van der Waals surface area contributed by atoms with Crippen LogP contribution in [0.4, 0.5) is 0 Å². The first-order chi connectivity index (χ1) is 21.2. The van der Waals surface area contributed by atoms with Crippen LogP contribution in [0.25, 0.3) is 56.2 Å². The Bertz CT molecular complexity index is 2160. The van der Waals surface area contributed by atoms with Crippen LogP contribution in [0, 0.1) is 0 Å². The second kappa shape index (κ2) is 10.1. The van der Waals surface area contributed by atoms with Crippen molar-refractivity contribution in [2.45, 2.75) is 34.2 Å². The van der Waals surface area contributed by atoms with Crippen LogP contribution in [0.3, 0.4) is 0 Å². The zero-order valence-corrected chi connectivity index (χ0v) is 30.3. The molecule has 2 aliphatic rings. The summed E-state index contributed by atoms with van der Waals surface area (Å²) in [6, 6.07) is 30.6. The van der Waals surface area contributed by atoms with Gasteiger partial charge in [0.2, 0.25) is 0 Å².